The summed E-state index contributed by atoms with van der Waals surface area (Å²) in [6.45, 7) is -0.308. The van der Waals surface area contributed by atoms with Crippen LogP contribution in [0.25, 0.3) is 0 Å². The molecule has 6 nitrogen and oxygen atoms in total. The van der Waals surface area contributed by atoms with E-state index in [9.17, 15) is 18.8 Å². The minimum Gasteiger partial charge on any atom is -0.343 e. The average molecular weight is 460 g/mol. The fraction of sp³-hybridized carbons (Fsp3) is 0.0455. The molecule has 0 aromatic heterocycles. The van der Waals surface area contributed by atoms with E-state index in [4.69, 9.17) is 23.2 Å². The summed E-state index contributed by atoms with van der Waals surface area (Å²) >= 11 is 11.8. The highest BCUT2D eigenvalue weighted by molar-refractivity contribution is 6.36. The SMILES string of the molecule is O=C(CNC(=O)c1ccc(Cl)cc1Cl)Nc1cccc(C(=O)Nc2cccc(F)c2)c1. The fourth-order valence-corrected chi connectivity index (χ4v) is 3.14. The predicted molar refractivity (Wildman–Crippen MR) is 118 cm³/mol. The number of halogens is 3. The van der Waals surface area contributed by atoms with Crippen molar-refractivity contribution in [1.29, 1.82) is 0 Å². The second kappa shape index (κ2) is 10.1. The number of rotatable bonds is 6. The molecule has 0 unspecified atom stereocenters. The van der Waals surface area contributed by atoms with Crippen LogP contribution < -0.4 is 16.0 Å². The van der Waals surface area contributed by atoms with Gasteiger partial charge in [0.2, 0.25) is 5.91 Å². The largest absolute Gasteiger partial charge is 0.343 e. The van der Waals surface area contributed by atoms with Gasteiger partial charge < -0.3 is 16.0 Å². The van der Waals surface area contributed by atoms with Crippen molar-refractivity contribution >= 4 is 52.3 Å². The zero-order valence-corrected chi connectivity index (χ0v) is 17.4. The summed E-state index contributed by atoms with van der Waals surface area (Å²) in [6, 6.07) is 16.1. The van der Waals surface area contributed by atoms with Gasteiger partial charge in [-0.05, 0) is 54.6 Å². The first kappa shape index (κ1) is 22.3. The summed E-state index contributed by atoms with van der Waals surface area (Å²) in [6.07, 6.45) is 0. The van der Waals surface area contributed by atoms with Crippen LogP contribution >= 0.6 is 23.2 Å². The lowest BCUT2D eigenvalue weighted by Crippen LogP contribution is -2.33. The van der Waals surface area contributed by atoms with Gasteiger partial charge in [-0.2, -0.15) is 0 Å². The number of carbonyl (C=O) groups excluding carboxylic acids is 3. The Balaban J connectivity index is 1.58. The molecule has 31 heavy (non-hydrogen) atoms. The molecule has 0 atom stereocenters. The molecule has 0 saturated carbocycles. The standard InChI is InChI=1S/C22H16Cl2FN3O3/c23-14-7-8-18(19(24)10-14)22(31)26-12-20(29)27-16-5-1-3-13(9-16)21(30)28-17-6-2-4-15(25)11-17/h1-11H,12H2,(H,26,31)(H,27,29)(H,28,30). The van der Waals surface area contributed by atoms with Crippen LogP contribution in [0.4, 0.5) is 15.8 Å². The van der Waals surface area contributed by atoms with Crippen molar-refractivity contribution in [1.82, 2.24) is 5.32 Å². The Kier molecular flexibility index (Phi) is 7.23. The van der Waals surface area contributed by atoms with Gasteiger partial charge in [-0.25, -0.2) is 4.39 Å². The molecule has 0 fully saturated rings. The van der Waals surface area contributed by atoms with Gasteiger partial charge >= 0.3 is 0 Å². The zero-order valence-electron chi connectivity index (χ0n) is 15.9. The minimum absolute atomic E-state index is 0.169. The van der Waals surface area contributed by atoms with E-state index in [-0.39, 0.29) is 22.7 Å². The lowest BCUT2D eigenvalue weighted by molar-refractivity contribution is -0.115. The molecule has 0 heterocycles. The highest BCUT2D eigenvalue weighted by Gasteiger charge is 2.13. The van der Waals surface area contributed by atoms with Gasteiger partial charge in [0.15, 0.2) is 0 Å². The zero-order chi connectivity index (χ0) is 22.4. The second-order valence-electron chi connectivity index (χ2n) is 6.40. The van der Waals surface area contributed by atoms with E-state index in [1.54, 1.807) is 24.3 Å². The van der Waals surface area contributed by atoms with Gasteiger partial charge in [0, 0.05) is 22.0 Å². The van der Waals surface area contributed by atoms with E-state index in [2.05, 4.69) is 16.0 Å². The monoisotopic (exact) mass is 459 g/mol. The summed E-state index contributed by atoms with van der Waals surface area (Å²) in [7, 11) is 0. The molecular weight excluding hydrogens is 444 g/mol. The Hall–Kier alpha value is -3.42. The van der Waals surface area contributed by atoms with E-state index in [1.165, 1.54) is 42.5 Å². The molecule has 158 valence electrons. The third kappa shape index (κ3) is 6.28. The Morgan fingerprint density at radius 3 is 2.23 bits per heavy atom. The number of hydrogen-bond acceptors (Lipinski definition) is 3. The van der Waals surface area contributed by atoms with Crippen molar-refractivity contribution in [2.75, 3.05) is 17.2 Å². The third-order valence-corrected chi connectivity index (χ3v) is 4.62. The van der Waals surface area contributed by atoms with E-state index in [0.717, 1.165) is 0 Å². The highest BCUT2D eigenvalue weighted by Crippen LogP contribution is 2.20. The molecule has 9 heteroatoms. The molecule has 0 aliphatic heterocycles. The normalized spacial score (nSPS) is 10.3. The maximum absolute atomic E-state index is 13.3. The van der Waals surface area contributed by atoms with Crippen molar-refractivity contribution in [3.05, 3.63) is 93.7 Å². The summed E-state index contributed by atoms with van der Waals surface area (Å²) in [4.78, 5) is 36.7. The molecule has 0 spiro atoms. The minimum atomic E-state index is -0.528. The lowest BCUT2D eigenvalue weighted by atomic mass is 10.1. The Morgan fingerprint density at radius 1 is 0.806 bits per heavy atom. The summed E-state index contributed by atoms with van der Waals surface area (Å²) in [5, 5.41) is 8.19. The molecule has 0 aliphatic carbocycles. The molecule has 0 saturated heterocycles. The van der Waals surface area contributed by atoms with Crippen LogP contribution in [-0.2, 0) is 4.79 Å². The quantitative estimate of drug-likeness (QED) is 0.496. The first-order valence-corrected chi connectivity index (χ1v) is 9.77. The van der Waals surface area contributed by atoms with Crippen molar-refractivity contribution in [2.24, 2.45) is 0 Å². The molecule has 3 aromatic rings. The molecule has 0 bridgehead atoms. The van der Waals surface area contributed by atoms with E-state index < -0.39 is 23.5 Å². The van der Waals surface area contributed by atoms with Crippen LogP contribution in [0.3, 0.4) is 0 Å². The van der Waals surface area contributed by atoms with E-state index in [0.29, 0.717) is 16.4 Å². The first-order valence-electron chi connectivity index (χ1n) is 9.02. The van der Waals surface area contributed by atoms with Gasteiger partial charge in [0.1, 0.15) is 5.82 Å². The third-order valence-electron chi connectivity index (χ3n) is 4.08. The molecule has 3 aromatic carbocycles. The molecule has 3 rings (SSSR count). The second-order valence-corrected chi connectivity index (χ2v) is 7.24. The van der Waals surface area contributed by atoms with Gasteiger partial charge in [0.25, 0.3) is 11.8 Å². The highest BCUT2D eigenvalue weighted by atomic mass is 35.5. The van der Waals surface area contributed by atoms with Crippen molar-refractivity contribution in [3.63, 3.8) is 0 Å². The van der Waals surface area contributed by atoms with Crippen LogP contribution in [0.15, 0.2) is 66.7 Å². The molecular formula is C22H16Cl2FN3O3. The lowest BCUT2D eigenvalue weighted by Gasteiger charge is -2.10. The van der Waals surface area contributed by atoms with Crippen LogP contribution in [0.5, 0.6) is 0 Å². The molecule has 3 amide bonds. The number of hydrogen-bond donors (Lipinski definition) is 3. The molecule has 0 aliphatic rings. The average Bonchev–Trinajstić information content (AvgIpc) is 2.72. The van der Waals surface area contributed by atoms with E-state index >= 15 is 0 Å². The molecule has 0 radical (unpaired) electrons. The van der Waals surface area contributed by atoms with Crippen molar-refractivity contribution in [3.8, 4) is 0 Å². The van der Waals surface area contributed by atoms with Gasteiger partial charge in [-0.1, -0.05) is 35.3 Å². The van der Waals surface area contributed by atoms with Crippen LogP contribution in [-0.4, -0.2) is 24.3 Å². The number of carbonyl (C=O) groups is 3. The Bertz CT molecular complexity index is 1150. The van der Waals surface area contributed by atoms with Gasteiger partial charge in [-0.15, -0.1) is 0 Å². The van der Waals surface area contributed by atoms with Crippen molar-refractivity contribution < 1.29 is 18.8 Å². The summed E-state index contributed by atoms with van der Waals surface area (Å²) in [5.74, 6) is -1.96. The number of anilines is 2. The van der Waals surface area contributed by atoms with Crippen molar-refractivity contribution in [2.45, 2.75) is 0 Å². The Labute approximate surface area is 187 Å². The number of benzene rings is 3. The number of amides is 3. The first-order chi connectivity index (χ1) is 14.8. The predicted octanol–water partition coefficient (Wildman–Crippen LogP) is 4.75. The van der Waals surface area contributed by atoms with Crippen LogP contribution in [0.2, 0.25) is 10.0 Å². The van der Waals surface area contributed by atoms with Gasteiger partial charge in [-0.3, -0.25) is 14.4 Å². The molecule has 3 N–H and O–H groups in total. The van der Waals surface area contributed by atoms with E-state index in [1.807, 2.05) is 0 Å². The van der Waals surface area contributed by atoms with Crippen LogP contribution in [0.1, 0.15) is 20.7 Å². The number of nitrogens with one attached hydrogen (secondary N) is 3. The summed E-state index contributed by atoms with van der Waals surface area (Å²) in [5.41, 5.74) is 1.12. The smallest absolute Gasteiger partial charge is 0.255 e. The van der Waals surface area contributed by atoms with Gasteiger partial charge in [0.05, 0.1) is 17.1 Å². The Morgan fingerprint density at radius 2 is 1.52 bits per heavy atom. The maximum Gasteiger partial charge on any atom is 0.255 e. The summed E-state index contributed by atoms with van der Waals surface area (Å²) < 4.78 is 13.3. The fourth-order valence-electron chi connectivity index (χ4n) is 2.64. The topological polar surface area (TPSA) is 87.3 Å². The van der Waals surface area contributed by atoms with Crippen LogP contribution in [0, 0.1) is 5.82 Å². The maximum atomic E-state index is 13.3.